The van der Waals surface area contributed by atoms with Crippen LogP contribution in [0.4, 0.5) is 0 Å². The van der Waals surface area contributed by atoms with E-state index in [9.17, 15) is 9.90 Å². The zero-order valence-electron chi connectivity index (χ0n) is 11.4. The molecule has 4 saturated carbocycles. The second kappa shape index (κ2) is 3.19. The van der Waals surface area contributed by atoms with Crippen molar-refractivity contribution in [1.29, 1.82) is 0 Å². The third kappa shape index (κ3) is 1.06. The number of fused-ring (bicyclic) bond motifs is 12. The first-order chi connectivity index (χ1) is 9.17. The van der Waals surface area contributed by atoms with Gasteiger partial charge in [0, 0.05) is 0 Å². The van der Waals surface area contributed by atoms with Gasteiger partial charge in [-0.05, 0) is 61.2 Å². The molecular weight excluding hydrogens is 240 g/mol. The Morgan fingerprint density at radius 2 is 2.00 bits per heavy atom. The monoisotopic (exact) mass is 262 g/mol. The van der Waals surface area contributed by atoms with Crippen LogP contribution in [0, 0.1) is 40.9 Å². The highest BCUT2D eigenvalue weighted by Gasteiger charge is 2.76. The van der Waals surface area contributed by atoms with Crippen molar-refractivity contribution in [3.63, 3.8) is 0 Å². The number of hydrogen-bond acceptors (Lipinski definition) is 2. The lowest BCUT2D eigenvalue weighted by molar-refractivity contribution is -0.156. The molecule has 0 spiro atoms. The number of epoxide rings is 1. The van der Waals surface area contributed by atoms with E-state index < -0.39 is 5.97 Å². The van der Waals surface area contributed by atoms with Gasteiger partial charge in [0.25, 0.3) is 0 Å². The summed E-state index contributed by atoms with van der Waals surface area (Å²) in [5, 5.41) is 9.85. The molecule has 1 heterocycles. The van der Waals surface area contributed by atoms with Gasteiger partial charge in [-0.1, -0.05) is 13.3 Å². The van der Waals surface area contributed by atoms with E-state index in [2.05, 4.69) is 6.92 Å². The normalized spacial score (nSPS) is 63.2. The zero-order valence-corrected chi connectivity index (χ0v) is 11.4. The Morgan fingerprint density at radius 1 is 1.26 bits per heavy atom. The van der Waals surface area contributed by atoms with Gasteiger partial charge in [-0.25, -0.2) is 0 Å². The predicted octanol–water partition coefficient (Wildman–Crippen LogP) is 2.55. The summed E-state index contributed by atoms with van der Waals surface area (Å²) < 4.78 is 5.84. The van der Waals surface area contributed by atoms with E-state index in [0.717, 1.165) is 31.1 Å². The molecule has 4 aliphatic carbocycles. The first kappa shape index (κ1) is 11.1. The van der Waals surface area contributed by atoms with Crippen molar-refractivity contribution >= 4 is 5.97 Å². The Labute approximate surface area is 113 Å². The molecule has 9 atom stereocenters. The summed E-state index contributed by atoms with van der Waals surface area (Å²) >= 11 is 0. The van der Waals surface area contributed by atoms with Gasteiger partial charge in [0.15, 0.2) is 0 Å². The van der Waals surface area contributed by atoms with E-state index in [-0.39, 0.29) is 5.41 Å². The summed E-state index contributed by atoms with van der Waals surface area (Å²) in [6.07, 6.45) is 6.51. The lowest BCUT2D eigenvalue weighted by Gasteiger charge is -2.43. The molecule has 0 aromatic rings. The minimum Gasteiger partial charge on any atom is -0.481 e. The van der Waals surface area contributed by atoms with Crippen molar-refractivity contribution in [2.24, 2.45) is 40.9 Å². The standard InChI is InChI=1S/C16H22O3/c1-2-3-16(15(17)18)6-7-4-10(16)12-9-5-8(11(7)12)13-14(9)19-13/h7-14H,2-6H2,1H3,(H,17,18). The fourth-order valence-electron chi connectivity index (χ4n) is 7.12. The summed E-state index contributed by atoms with van der Waals surface area (Å²) in [5.74, 6) is 3.67. The van der Waals surface area contributed by atoms with Crippen LogP contribution < -0.4 is 0 Å². The largest absolute Gasteiger partial charge is 0.481 e. The smallest absolute Gasteiger partial charge is 0.309 e. The van der Waals surface area contributed by atoms with Crippen LogP contribution in [0.1, 0.15) is 39.0 Å². The van der Waals surface area contributed by atoms with Crippen LogP contribution in [0.15, 0.2) is 0 Å². The molecule has 0 radical (unpaired) electrons. The van der Waals surface area contributed by atoms with Crippen molar-refractivity contribution in [2.75, 3.05) is 0 Å². The number of carbonyl (C=O) groups is 1. The molecule has 3 heteroatoms. The number of aliphatic carboxylic acids is 1. The van der Waals surface area contributed by atoms with Gasteiger partial charge in [0.1, 0.15) is 0 Å². The Hall–Kier alpha value is -0.570. The maximum absolute atomic E-state index is 12.0. The number of ether oxygens (including phenoxy) is 1. The fourth-order valence-corrected chi connectivity index (χ4v) is 7.12. The van der Waals surface area contributed by atoms with E-state index in [1.54, 1.807) is 0 Å². The summed E-state index contributed by atoms with van der Waals surface area (Å²) in [4.78, 5) is 12.0. The Balaban J connectivity index is 1.54. The molecular formula is C16H22O3. The Bertz CT molecular complexity index is 461. The van der Waals surface area contributed by atoms with Crippen LogP contribution in [0.5, 0.6) is 0 Å². The molecule has 9 unspecified atom stereocenters. The second-order valence-corrected chi connectivity index (χ2v) is 7.80. The molecule has 0 amide bonds. The maximum atomic E-state index is 12.0. The van der Waals surface area contributed by atoms with Gasteiger partial charge in [-0.3, -0.25) is 4.79 Å². The average molecular weight is 262 g/mol. The van der Waals surface area contributed by atoms with Gasteiger partial charge in [-0.2, -0.15) is 0 Å². The number of hydrogen-bond donors (Lipinski definition) is 1. The van der Waals surface area contributed by atoms with Gasteiger partial charge in [0.2, 0.25) is 0 Å². The molecule has 5 aliphatic rings. The van der Waals surface area contributed by atoms with Crippen molar-refractivity contribution < 1.29 is 14.6 Å². The third-order valence-electron chi connectivity index (χ3n) is 7.41. The molecule has 3 nitrogen and oxygen atoms in total. The molecule has 104 valence electrons. The predicted molar refractivity (Wildman–Crippen MR) is 68.4 cm³/mol. The summed E-state index contributed by atoms with van der Waals surface area (Å²) in [6.45, 7) is 2.13. The first-order valence-electron chi connectivity index (χ1n) is 8.06. The minimum absolute atomic E-state index is 0.380. The van der Waals surface area contributed by atoms with Gasteiger partial charge in [0.05, 0.1) is 17.6 Å². The van der Waals surface area contributed by atoms with E-state index in [1.807, 2.05) is 0 Å². The quantitative estimate of drug-likeness (QED) is 0.628. The molecule has 0 aromatic carbocycles. The minimum atomic E-state index is -0.503. The molecule has 1 aliphatic heterocycles. The highest BCUT2D eigenvalue weighted by Crippen LogP contribution is 2.75. The van der Waals surface area contributed by atoms with E-state index in [1.165, 1.54) is 12.8 Å². The van der Waals surface area contributed by atoms with Crippen LogP contribution in [0.3, 0.4) is 0 Å². The van der Waals surface area contributed by atoms with E-state index >= 15 is 0 Å². The van der Waals surface area contributed by atoms with Gasteiger partial charge >= 0.3 is 5.97 Å². The lowest BCUT2D eigenvalue weighted by Crippen LogP contribution is -2.46. The number of rotatable bonds is 3. The third-order valence-corrected chi connectivity index (χ3v) is 7.41. The number of carboxylic acids is 1. The molecule has 0 aromatic heterocycles. The van der Waals surface area contributed by atoms with Crippen LogP contribution in [-0.2, 0) is 9.53 Å². The molecule has 5 fully saturated rings. The lowest BCUT2D eigenvalue weighted by atomic mass is 9.59. The van der Waals surface area contributed by atoms with E-state index in [4.69, 9.17) is 4.74 Å². The maximum Gasteiger partial charge on any atom is 0.309 e. The summed E-state index contributed by atoms with van der Waals surface area (Å²) in [5.41, 5.74) is -0.380. The van der Waals surface area contributed by atoms with Crippen molar-refractivity contribution in [3.8, 4) is 0 Å². The Morgan fingerprint density at radius 3 is 2.68 bits per heavy atom. The van der Waals surface area contributed by atoms with E-state index in [0.29, 0.717) is 35.9 Å². The van der Waals surface area contributed by atoms with Gasteiger partial charge in [-0.15, -0.1) is 0 Å². The molecule has 5 rings (SSSR count). The first-order valence-corrected chi connectivity index (χ1v) is 8.06. The van der Waals surface area contributed by atoms with Crippen molar-refractivity contribution in [2.45, 2.75) is 51.2 Å². The zero-order chi connectivity index (χ0) is 12.9. The van der Waals surface area contributed by atoms with Crippen LogP contribution in [0.25, 0.3) is 0 Å². The highest BCUT2D eigenvalue weighted by atomic mass is 16.6. The second-order valence-electron chi connectivity index (χ2n) is 7.80. The van der Waals surface area contributed by atoms with Crippen molar-refractivity contribution in [1.82, 2.24) is 0 Å². The summed E-state index contributed by atoms with van der Waals surface area (Å²) in [7, 11) is 0. The molecule has 1 saturated heterocycles. The molecule has 1 N–H and O–H groups in total. The summed E-state index contributed by atoms with van der Waals surface area (Å²) in [6, 6.07) is 0. The number of carboxylic acid groups (broad SMARTS) is 1. The van der Waals surface area contributed by atoms with Crippen LogP contribution in [0.2, 0.25) is 0 Å². The Kier molecular flexibility index (Phi) is 1.87. The average Bonchev–Trinajstić information content (AvgIpc) is 2.76. The van der Waals surface area contributed by atoms with Crippen LogP contribution in [-0.4, -0.2) is 23.3 Å². The SMILES string of the molecule is CCCC1(C(=O)O)CC2CC1C1C3CC(C4OC34)C21. The van der Waals surface area contributed by atoms with Gasteiger partial charge < -0.3 is 9.84 Å². The van der Waals surface area contributed by atoms with Crippen LogP contribution >= 0.6 is 0 Å². The molecule has 19 heavy (non-hydrogen) atoms. The fraction of sp³-hybridized carbons (Fsp3) is 0.938. The van der Waals surface area contributed by atoms with Crippen molar-refractivity contribution in [3.05, 3.63) is 0 Å². The molecule has 4 bridgehead atoms. The highest BCUT2D eigenvalue weighted by molar-refractivity contribution is 5.76. The topological polar surface area (TPSA) is 49.8 Å².